The maximum atomic E-state index is 5.95. The molecule has 1 saturated carbocycles. The van der Waals surface area contributed by atoms with Gasteiger partial charge in [-0.2, -0.15) is 19.6 Å². The highest BCUT2D eigenvalue weighted by Crippen LogP contribution is 2.34. The lowest BCUT2D eigenvalue weighted by atomic mass is 10.1. The number of fused-ring (bicyclic) bond motifs is 1. The van der Waals surface area contributed by atoms with Gasteiger partial charge in [0.05, 0.1) is 0 Å². The van der Waals surface area contributed by atoms with E-state index in [1.54, 1.807) is 10.6 Å². The minimum absolute atomic E-state index is 0.411. The SMILES string of the molecule is CC(CC1CC1)Nc1cc(Cl)nc2ncnn12. The molecule has 1 aliphatic carbocycles. The number of hydrogen-bond acceptors (Lipinski definition) is 4. The Kier molecular flexibility index (Phi) is 2.63. The second-order valence-electron chi connectivity index (χ2n) is 4.66. The second-order valence-corrected chi connectivity index (χ2v) is 5.05. The highest BCUT2D eigenvalue weighted by Gasteiger charge is 2.23. The van der Waals surface area contributed by atoms with Crippen LogP contribution in [0, 0.1) is 5.92 Å². The number of nitrogens with zero attached hydrogens (tertiary/aromatic N) is 4. The van der Waals surface area contributed by atoms with Gasteiger partial charge in [-0.3, -0.25) is 0 Å². The van der Waals surface area contributed by atoms with Crippen LogP contribution in [0.2, 0.25) is 5.15 Å². The Labute approximate surface area is 104 Å². The molecule has 0 bridgehead atoms. The van der Waals surface area contributed by atoms with E-state index in [1.165, 1.54) is 25.6 Å². The molecule has 17 heavy (non-hydrogen) atoms. The van der Waals surface area contributed by atoms with Gasteiger partial charge in [-0.05, 0) is 19.3 Å². The molecule has 6 heteroatoms. The number of hydrogen-bond donors (Lipinski definition) is 1. The van der Waals surface area contributed by atoms with Crippen molar-refractivity contribution in [2.45, 2.75) is 32.2 Å². The molecule has 5 nitrogen and oxygen atoms in total. The number of anilines is 1. The molecule has 0 aliphatic heterocycles. The standard InChI is InChI=1S/C11H14ClN5/c1-7(4-8-2-3-8)15-10-5-9(12)16-11-13-6-14-17(10)11/h5-8,15H,2-4H2,1H3. The van der Waals surface area contributed by atoms with E-state index in [0.29, 0.717) is 17.0 Å². The summed E-state index contributed by atoms with van der Waals surface area (Å²) in [6.07, 6.45) is 5.40. The smallest absolute Gasteiger partial charge is 0.255 e. The van der Waals surface area contributed by atoms with Crippen LogP contribution in [0.5, 0.6) is 0 Å². The van der Waals surface area contributed by atoms with Crippen molar-refractivity contribution in [3.63, 3.8) is 0 Å². The fourth-order valence-corrected chi connectivity index (χ4v) is 2.23. The van der Waals surface area contributed by atoms with E-state index in [2.05, 4.69) is 27.3 Å². The Morgan fingerprint density at radius 2 is 2.41 bits per heavy atom. The van der Waals surface area contributed by atoms with Crippen LogP contribution in [-0.2, 0) is 0 Å². The summed E-state index contributed by atoms with van der Waals surface area (Å²) in [6.45, 7) is 2.18. The first-order valence-corrected chi connectivity index (χ1v) is 6.23. The van der Waals surface area contributed by atoms with Crippen LogP contribution >= 0.6 is 11.6 Å². The molecule has 1 atom stereocenters. The second kappa shape index (κ2) is 4.14. The van der Waals surface area contributed by atoms with Crippen LogP contribution in [0.25, 0.3) is 5.78 Å². The van der Waals surface area contributed by atoms with Crippen LogP contribution in [0.4, 0.5) is 5.82 Å². The average molecular weight is 252 g/mol. The number of aromatic nitrogens is 4. The summed E-state index contributed by atoms with van der Waals surface area (Å²) >= 11 is 5.95. The first-order chi connectivity index (χ1) is 8.22. The van der Waals surface area contributed by atoms with Crippen LogP contribution in [0.3, 0.4) is 0 Å². The van der Waals surface area contributed by atoms with Crippen molar-refractivity contribution < 1.29 is 0 Å². The molecule has 2 aromatic rings. The van der Waals surface area contributed by atoms with E-state index >= 15 is 0 Å². The summed E-state index contributed by atoms with van der Waals surface area (Å²) < 4.78 is 1.68. The lowest BCUT2D eigenvalue weighted by Crippen LogP contribution is -2.18. The first-order valence-electron chi connectivity index (χ1n) is 5.85. The van der Waals surface area contributed by atoms with Gasteiger partial charge < -0.3 is 5.32 Å². The third kappa shape index (κ3) is 2.34. The molecule has 1 fully saturated rings. The van der Waals surface area contributed by atoms with Crippen molar-refractivity contribution in [2.75, 3.05) is 5.32 Å². The van der Waals surface area contributed by atoms with Gasteiger partial charge in [0.25, 0.3) is 5.78 Å². The molecule has 2 heterocycles. The quantitative estimate of drug-likeness (QED) is 0.848. The zero-order chi connectivity index (χ0) is 11.8. The summed E-state index contributed by atoms with van der Waals surface area (Å²) in [5.74, 6) is 2.27. The zero-order valence-electron chi connectivity index (χ0n) is 9.60. The minimum Gasteiger partial charge on any atom is -0.367 e. The van der Waals surface area contributed by atoms with Crippen molar-refractivity contribution in [3.05, 3.63) is 17.5 Å². The van der Waals surface area contributed by atoms with Crippen LogP contribution < -0.4 is 5.32 Å². The van der Waals surface area contributed by atoms with Crippen molar-refractivity contribution in [2.24, 2.45) is 5.92 Å². The van der Waals surface area contributed by atoms with Crippen molar-refractivity contribution in [3.8, 4) is 0 Å². The van der Waals surface area contributed by atoms with E-state index in [0.717, 1.165) is 11.7 Å². The van der Waals surface area contributed by atoms with Crippen LogP contribution in [-0.4, -0.2) is 25.6 Å². The molecule has 90 valence electrons. The fraction of sp³-hybridized carbons (Fsp3) is 0.545. The third-order valence-corrected chi connectivity index (χ3v) is 3.19. The highest BCUT2D eigenvalue weighted by molar-refractivity contribution is 6.29. The summed E-state index contributed by atoms with van der Waals surface area (Å²) in [5, 5.41) is 7.99. The maximum absolute atomic E-state index is 5.95. The Morgan fingerprint density at radius 1 is 1.59 bits per heavy atom. The van der Waals surface area contributed by atoms with Gasteiger partial charge in [0.15, 0.2) is 0 Å². The third-order valence-electron chi connectivity index (χ3n) is 3.00. The topological polar surface area (TPSA) is 55.1 Å². The van der Waals surface area contributed by atoms with E-state index in [4.69, 9.17) is 11.6 Å². The summed E-state index contributed by atoms with van der Waals surface area (Å²) in [4.78, 5) is 8.13. The minimum atomic E-state index is 0.411. The van der Waals surface area contributed by atoms with Gasteiger partial charge in [0, 0.05) is 12.1 Å². The van der Waals surface area contributed by atoms with Crippen molar-refractivity contribution in [1.82, 2.24) is 19.6 Å². The van der Waals surface area contributed by atoms with Gasteiger partial charge in [-0.15, -0.1) is 0 Å². The van der Waals surface area contributed by atoms with E-state index in [-0.39, 0.29) is 0 Å². The molecule has 2 aromatic heterocycles. The molecule has 3 rings (SSSR count). The molecular weight excluding hydrogens is 238 g/mol. The first kappa shape index (κ1) is 10.8. The summed E-state index contributed by atoms with van der Waals surface area (Å²) in [6, 6.07) is 2.19. The number of rotatable bonds is 4. The molecule has 0 radical (unpaired) electrons. The Hall–Kier alpha value is -1.36. The molecule has 1 aliphatic rings. The molecule has 0 amide bonds. The molecular formula is C11H14ClN5. The Balaban J connectivity index is 1.84. The monoisotopic (exact) mass is 251 g/mol. The van der Waals surface area contributed by atoms with Crippen molar-refractivity contribution >= 4 is 23.2 Å². The van der Waals surface area contributed by atoms with Gasteiger partial charge >= 0.3 is 0 Å². The summed E-state index contributed by atoms with van der Waals surface area (Å²) in [7, 11) is 0. The Morgan fingerprint density at radius 3 is 3.18 bits per heavy atom. The zero-order valence-corrected chi connectivity index (χ0v) is 10.4. The predicted octanol–water partition coefficient (Wildman–Crippen LogP) is 2.38. The van der Waals surface area contributed by atoms with Gasteiger partial charge in [0.1, 0.15) is 17.3 Å². The average Bonchev–Trinajstić information content (AvgIpc) is 2.94. The van der Waals surface area contributed by atoms with Gasteiger partial charge in [-0.1, -0.05) is 24.4 Å². The van der Waals surface area contributed by atoms with Crippen LogP contribution in [0.15, 0.2) is 12.4 Å². The van der Waals surface area contributed by atoms with E-state index in [9.17, 15) is 0 Å². The molecule has 0 saturated heterocycles. The van der Waals surface area contributed by atoms with Gasteiger partial charge in [0.2, 0.25) is 0 Å². The molecule has 0 spiro atoms. The summed E-state index contributed by atoms with van der Waals surface area (Å²) in [5.41, 5.74) is 0. The normalized spacial score (nSPS) is 17.3. The van der Waals surface area contributed by atoms with Crippen molar-refractivity contribution in [1.29, 1.82) is 0 Å². The molecule has 0 aromatic carbocycles. The lowest BCUT2D eigenvalue weighted by Gasteiger charge is -2.15. The maximum Gasteiger partial charge on any atom is 0.255 e. The molecule has 1 N–H and O–H groups in total. The Bertz CT molecular complexity index is 534. The number of halogens is 1. The van der Waals surface area contributed by atoms with Crippen LogP contribution in [0.1, 0.15) is 26.2 Å². The predicted molar refractivity (Wildman–Crippen MR) is 66.2 cm³/mol. The number of nitrogens with one attached hydrogen (secondary N) is 1. The van der Waals surface area contributed by atoms with Gasteiger partial charge in [-0.25, -0.2) is 0 Å². The van der Waals surface area contributed by atoms with E-state index in [1.807, 2.05) is 0 Å². The fourth-order valence-electron chi connectivity index (χ4n) is 2.05. The largest absolute Gasteiger partial charge is 0.367 e. The lowest BCUT2D eigenvalue weighted by molar-refractivity contribution is 0.637. The highest BCUT2D eigenvalue weighted by atomic mass is 35.5. The van der Waals surface area contributed by atoms with E-state index < -0.39 is 0 Å². The molecule has 1 unspecified atom stereocenters.